The van der Waals surface area contributed by atoms with Gasteiger partial charge >= 0.3 is 0 Å². The Balaban J connectivity index is 1.88. The van der Waals surface area contributed by atoms with Crippen molar-refractivity contribution in [3.8, 4) is 0 Å². The fraction of sp³-hybridized carbons (Fsp3) is 0. The highest BCUT2D eigenvalue weighted by atomic mass is 15.3. The molecule has 0 amide bonds. The van der Waals surface area contributed by atoms with Gasteiger partial charge in [0.15, 0.2) is 0 Å². The van der Waals surface area contributed by atoms with Crippen molar-refractivity contribution >= 4 is 22.9 Å². The average molecular weight is 315 g/mol. The molecule has 0 unspecified atom stereocenters. The van der Waals surface area contributed by atoms with Crippen LogP contribution >= 0.6 is 0 Å². The van der Waals surface area contributed by atoms with Crippen LogP contribution in [0.4, 0.5) is 17.1 Å². The van der Waals surface area contributed by atoms with Crippen molar-refractivity contribution in [1.29, 1.82) is 0 Å². The van der Waals surface area contributed by atoms with E-state index in [0.717, 1.165) is 16.9 Å². The zero-order valence-electron chi connectivity index (χ0n) is 13.0. The Morgan fingerprint density at radius 1 is 0.750 bits per heavy atom. The summed E-state index contributed by atoms with van der Waals surface area (Å²) < 4.78 is 0. The van der Waals surface area contributed by atoms with E-state index in [9.17, 15) is 0 Å². The van der Waals surface area contributed by atoms with Crippen molar-refractivity contribution in [1.82, 2.24) is 0 Å². The topological polar surface area (TPSA) is 75.1 Å². The molecule has 0 aromatic heterocycles. The van der Waals surface area contributed by atoms with E-state index in [1.807, 2.05) is 84.9 Å². The molecule has 24 heavy (non-hydrogen) atoms. The van der Waals surface area contributed by atoms with E-state index in [-0.39, 0.29) is 0 Å². The number of amidine groups is 1. The van der Waals surface area contributed by atoms with E-state index in [0.29, 0.717) is 11.5 Å². The van der Waals surface area contributed by atoms with Gasteiger partial charge in [0.1, 0.15) is 0 Å². The Hall–Kier alpha value is -3.47. The van der Waals surface area contributed by atoms with Gasteiger partial charge in [-0.3, -0.25) is 5.43 Å². The van der Waals surface area contributed by atoms with Crippen LogP contribution in [0.1, 0.15) is 5.56 Å². The number of nitrogen functional groups attached to an aromatic ring is 1. The molecule has 0 aliphatic rings. The number of azo groups is 1. The first-order valence-electron chi connectivity index (χ1n) is 7.53. The molecular weight excluding hydrogens is 298 g/mol. The van der Waals surface area contributed by atoms with Gasteiger partial charge in [-0.2, -0.15) is 5.10 Å². The molecule has 0 fully saturated rings. The Morgan fingerprint density at radius 2 is 1.38 bits per heavy atom. The van der Waals surface area contributed by atoms with Gasteiger partial charge < -0.3 is 5.73 Å². The third-order valence-electron chi connectivity index (χ3n) is 3.25. The summed E-state index contributed by atoms with van der Waals surface area (Å²) in [6.07, 6.45) is 0. The smallest absolute Gasteiger partial charge is 0.201 e. The summed E-state index contributed by atoms with van der Waals surface area (Å²) in [6.45, 7) is 0. The third kappa shape index (κ3) is 4.27. The van der Waals surface area contributed by atoms with E-state index in [1.54, 1.807) is 0 Å². The van der Waals surface area contributed by atoms with Gasteiger partial charge in [-0.25, -0.2) is 0 Å². The van der Waals surface area contributed by atoms with E-state index < -0.39 is 0 Å². The molecular formula is C19H17N5. The molecule has 0 heterocycles. The second-order valence-corrected chi connectivity index (χ2v) is 5.07. The number of nitrogens with zero attached hydrogens (tertiary/aromatic N) is 3. The molecule has 0 bridgehead atoms. The van der Waals surface area contributed by atoms with Crippen LogP contribution in [-0.4, -0.2) is 5.84 Å². The molecule has 3 aromatic carbocycles. The second kappa shape index (κ2) is 7.69. The van der Waals surface area contributed by atoms with Crippen LogP contribution in [0, 0.1) is 0 Å². The summed E-state index contributed by atoms with van der Waals surface area (Å²) in [4.78, 5) is 0. The number of nitrogens with two attached hydrogens (primary N) is 1. The molecule has 0 atom stereocenters. The Morgan fingerprint density at radius 3 is 2.04 bits per heavy atom. The van der Waals surface area contributed by atoms with Gasteiger partial charge in [0.05, 0.1) is 11.4 Å². The minimum absolute atomic E-state index is 0.475. The number of hydrazone groups is 1. The van der Waals surface area contributed by atoms with E-state index in [4.69, 9.17) is 5.73 Å². The van der Waals surface area contributed by atoms with Crippen molar-refractivity contribution in [3.63, 3.8) is 0 Å². The number of nitrogens with one attached hydrogen (secondary N) is 1. The van der Waals surface area contributed by atoms with Crippen LogP contribution in [0.25, 0.3) is 0 Å². The van der Waals surface area contributed by atoms with Crippen LogP contribution in [0.2, 0.25) is 0 Å². The molecule has 5 heteroatoms. The molecule has 0 radical (unpaired) electrons. The van der Waals surface area contributed by atoms with Gasteiger partial charge in [-0.15, -0.1) is 10.2 Å². The summed E-state index contributed by atoms with van der Waals surface area (Å²) >= 11 is 0. The number of hydrogen-bond donors (Lipinski definition) is 2. The summed E-state index contributed by atoms with van der Waals surface area (Å²) in [6, 6.07) is 26.6. The lowest BCUT2D eigenvalue weighted by Crippen LogP contribution is -2.01. The fourth-order valence-corrected chi connectivity index (χ4v) is 2.01. The minimum atomic E-state index is 0.475. The zero-order chi connectivity index (χ0) is 16.6. The summed E-state index contributed by atoms with van der Waals surface area (Å²) in [5.41, 5.74) is 11.9. The molecule has 0 aliphatic carbocycles. The van der Waals surface area contributed by atoms with Gasteiger partial charge in [-0.1, -0.05) is 36.4 Å². The lowest BCUT2D eigenvalue weighted by Gasteiger charge is -2.04. The summed E-state index contributed by atoms with van der Waals surface area (Å²) in [5.74, 6) is 0.475. The maximum absolute atomic E-state index is 5.75. The highest BCUT2D eigenvalue weighted by Gasteiger charge is 2.03. The van der Waals surface area contributed by atoms with Crippen molar-refractivity contribution < 1.29 is 0 Å². The maximum Gasteiger partial charge on any atom is 0.201 e. The predicted molar refractivity (Wildman–Crippen MR) is 98.4 cm³/mol. The van der Waals surface area contributed by atoms with Crippen LogP contribution in [0.15, 0.2) is 100 Å². The van der Waals surface area contributed by atoms with E-state index in [2.05, 4.69) is 20.8 Å². The predicted octanol–water partition coefficient (Wildman–Crippen LogP) is 4.83. The van der Waals surface area contributed by atoms with E-state index in [1.165, 1.54) is 0 Å². The summed E-state index contributed by atoms with van der Waals surface area (Å²) in [5, 5.41) is 12.9. The van der Waals surface area contributed by atoms with Crippen LogP contribution in [-0.2, 0) is 0 Å². The van der Waals surface area contributed by atoms with Crippen LogP contribution in [0.3, 0.4) is 0 Å². The van der Waals surface area contributed by atoms with Gasteiger partial charge in [0, 0.05) is 11.3 Å². The molecule has 3 N–H and O–H groups in total. The molecule has 0 saturated carbocycles. The van der Waals surface area contributed by atoms with Gasteiger partial charge in [0.25, 0.3) is 0 Å². The zero-order valence-corrected chi connectivity index (χ0v) is 13.0. The normalized spacial score (nSPS) is 11.6. The number of anilines is 2. The first kappa shape index (κ1) is 15.4. The highest BCUT2D eigenvalue weighted by Crippen LogP contribution is 2.14. The minimum Gasteiger partial charge on any atom is -0.399 e. The van der Waals surface area contributed by atoms with Gasteiger partial charge in [0.2, 0.25) is 5.84 Å². The van der Waals surface area contributed by atoms with Crippen LogP contribution < -0.4 is 11.2 Å². The monoisotopic (exact) mass is 315 g/mol. The lowest BCUT2D eigenvalue weighted by atomic mass is 10.2. The van der Waals surface area contributed by atoms with Crippen molar-refractivity contribution in [2.75, 3.05) is 11.2 Å². The molecule has 0 aliphatic heterocycles. The lowest BCUT2D eigenvalue weighted by molar-refractivity contribution is 1.22. The third-order valence-corrected chi connectivity index (χ3v) is 3.25. The molecule has 5 nitrogen and oxygen atoms in total. The second-order valence-electron chi connectivity index (χ2n) is 5.07. The first-order chi connectivity index (χ1) is 11.8. The van der Waals surface area contributed by atoms with Gasteiger partial charge in [-0.05, 0) is 48.5 Å². The summed E-state index contributed by atoms with van der Waals surface area (Å²) in [7, 11) is 0. The van der Waals surface area contributed by atoms with Crippen molar-refractivity contribution in [2.24, 2.45) is 15.3 Å². The standard InChI is InChI=1S/C19H17N5/c20-16-13-11-15(12-14-16)19(23-21-17-7-3-1-4-8-17)24-22-18-9-5-2-6-10-18/h1-14,21H,20H2/b23-19-,24-22?. The molecule has 118 valence electrons. The molecule has 3 rings (SSSR count). The largest absolute Gasteiger partial charge is 0.399 e. The Labute approximate surface area is 140 Å². The first-order valence-corrected chi connectivity index (χ1v) is 7.53. The van der Waals surface area contributed by atoms with Crippen LogP contribution in [0.5, 0.6) is 0 Å². The molecule has 3 aromatic rings. The quantitative estimate of drug-likeness (QED) is 0.238. The SMILES string of the molecule is Nc1ccc(/C(N=Nc2ccccc2)=N/Nc2ccccc2)cc1. The maximum atomic E-state index is 5.75. The highest BCUT2D eigenvalue weighted by molar-refractivity contribution is 5.99. The van der Waals surface area contributed by atoms with Crippen molar-refractivity contribution in [3.05, 3.63) is 90.5 Å². The Kier molecular flexibility index (Phi) is 4.94. The number of para-hydroxylation sites is 1. The molecule has 0 saturated heterocycles. The molecule has 0 spiro atoms. The average Bonchev–Trinajstić information content (AvgIpc) is 2.64. The number of hydrogen-bond acceptors (Lipinski definition) is 4. The fourth-order valence-electron chi connectivity index (χ4n) is 2.01. The van der Waals surface area contributed by atoms with Crippen molar-refractivity contribution in [2.45, 2.75) is 0 Å². The Bertz CT molecular complexity index is 825. The van der Waals surface area contributed by atoms with E-state index >= 15 is 0 Å². The number of rotatable bonds is 4. The number of benzene rings is 3.